The highest BCUT2D eigenvalue weighted by Crippen LogP contribution is 2.33. The zero-order chi connectivity index (χ0) is 20.1. The quantitative estimate of drug-likeness (QED) is 0.701. The lowest BCUT2D eigenvalue weighted by atomic mass is 10.1. The van der Waals surface area contributed by atoms with Crippen molar-refractivity contribution in [2.75, 3.05) is 32.9 Å². The summed E-state index contributed by atoms with van der Waals surface area (Å²) in [4.78, 5) is 0.138. The van der Waals surface area contributed by atoms with Crippen LogP contribution in [-0.2, 0) is 14.8 Å². The topological polar surface area (TPSA) is 65.1 Å². The lowest BCUT2D eigenvalue weighted by Crippen LogP contribution is -2.42. The van der Waals surface area contributed by atoms with Gasteiger partial charge in [-0.1, -0.05) is 12.1 Å². The third-order valence-electron chi connectivity index (χ3n) is 4.42. The molecule has 1 unspecified atom stereocenters. The Kier molecular flexibility index (Phi) is 6.53. The third kappa shape index (κ3) is 4.45. The van der Waals surface area contributed by atoms with E-state index in [2.05, 4.69) is 0 Å². The van der Waals surface area contributed by atoms with E-state index in [4.69, 9.17) is 14.2 Å². The highest BCUT2D eigenvalue weighted by Gasteiger charge is 2.32. The van der Waals surface area contributed by atoms with E-state index in [-0.39, 0.29) is 30.4 Å². The van der Waals surface area contributed by atoms with Crippen LogP contribution in [0.4, 0.5) is 4.39 Å². The molecule has 0 saturated carbocycles. The maximum Gasteiger partial charge on any atom is 0.243 e. The van der Waals surface area contributed by atoms with Gasteiger partial charge in [-0.05, 0) is 43.7 Å². The van der Waals surface area contributed by atoms with E-state index < -0.39 is 16.1 Å². The minimum Gasteiger partial charge on any atom is -0.490 e. The molecular formula is C20H24FNO5S. The first-order valence-corrected chi connectivity index (χ1v) is 10.7. The number of halogens is 1. The Morgan fingerprint density at radius 3 is 2.43 bits per heavy atom. The van der Waals surface area contributed by atoms with E-state index in [9.17, 15) is 12.8 Å². The zero-order valence-corrected chi connectivity index (χ0v) is 16.7. The van der Waals surface area contributed by atoms with E-state index in [1.165, 1.54) is 28.6 Å². The number of hydrogen-bond donors (Lipinski definition) is 0. The molecule has 0 bridgehead atoms. The van der Waals surface area contributed by atoms with Crippen LogP contribution in [0.2, 0.25) is 0 Å². The van der Waals surface area contributed by atoms with E-state index >= 15 is 0 Å². The van der Waals surface area contributed by atoms with Crippen molar-refractivity contribution in [2.45, 2.75) is 24.8 Å². The standard InChI is InChI=1S/C20H24FNO5S/c1-3-25-18-10-9-17(13-19(18)26-4-2)28(23,24)22-11-12-27-20(14-22)15-5-7-16(21)8-6-15/h5-10,13,20H,3-4,11-12,14H2,1-2H3. The average Bonchev–Trinajstić information content (AvgIpc) is 2.70. The number of rotatable bonds is 7. The monoisotopic (exact) mass is 409 g/mol. The molecule has 0 radical (unpaired) electrons. The largest absolute Gasteiger partial charge is 0.490 e. The lowest BCUT2D eigenvalue weighted by Gasteiger charge is -2.32. The van der Waals surface area contributed by atoms with Crippen LogP contribution in [0.3, 0.4) is 0 Å². The van der Waals surface area contributed by atoms with Gasteiger partial charge < -0.3 is 14.2 Å². The minimum atomic E-state index is -3.74. The van der Waals surface area contributed by atoms with Crippen LogP contribution in [0.1, 0.15) is 25.5 Å². The van der Waals surface area contributed by atoms with Crippen molar-refractivity contribution >= 4 is 10.0 Å². The van der Waals surface area contributed by atoms with E-state index in [1.807, 2.05) is 13.8 Å². The van der Waals surface area contributed by atoms with Crippen molar-refractivity contribution in [1.82, 2.24) is 4.31 Å². The van der Waals surface area contributed by atoms with E-state index in [0.717, 1.165) is 5.56 Å². The Hall–Kier alpha value is -2.16. The molecule has 1 atom stereocenters. The molecule has 3 rings (SSSR count). The maximum atomic E-state index is 13.2. The summed E-state index contributed by atoms with van der Waals surface area (Å²) in [6.45, 7) is 5.19. The first-order chi connectivity index (χ1) is 13.5. The predicted octanol–water partition coefficient (Wildman–Crippen LogP) is 3.39. The summed E-state index contributed by atoms with van der Waals surface area (Å²) >= 11 is 0. The van der Waals surface area contributed by atoms with Crippen LogP contribution < -0.4 is 9.47 Å². The third-order valence-corrected chi connectivity index (χ3v) is 6.28. The van der Waals surface area contributed by atoms with Crippen molar-refractivity contribution in [2.24, 2.45) is 0 Å². The summed E-state index contributed by atoms with van der Waals surface area (Å²) < 4.78 is 57.6. The van der Waals surface area contributed by atoms with E-state index in [1.54, 1.807) is 18.2 Å². The zero-order valence-electron chi connectivity index (χ0n) is 15.9. The van der Waals surface area contributed by atoms with Crippen molar-refractivity contribution in [3.8, 4) is 11.5 Å². The second-order valence-corrected chi connectivity index (χ2v) is 8.19. The Balaban J connectivity index is 1.85. The van der Waals surface area contributed by atoms with Crippen molar-refractivity contribution in [1.29, 1.82) is 0 Å². The van der Waals surface area contributed by atoms with Gasteiger partial charge in [0.05, 0.1) is 30.8 Å². The molecule has 0 aliphatic carbocycles. The Morgan fingerprint density at radius 2 is 1.75 bits per heavy atom. The second kappa shape index (κ2) is 8.89. The fourth-order valence-electron chi connectivity index (χ4n) is 3.06. The Bertz CT molecular complexity index is 901. The molecule has 1 fully saturated rings. The molecule has 6 nitrogen and oxygen atoms in total. The molecule has 0 amide bonds. The molecule has 2 aromatic rings. The van der Waals surface area contributed by atoms with Gasteiger partial charge in [0.2, 0.25) is 10.0 Å². The summed E-state index contributed by atoms with van der Waals surface area (Å²) in [6, 6.07) is 10.5. The predicted molar refractivity (Wildman–Crippen MR) is 103 cm³/mol. The molecular weight excluding hydrogens is 385 g/mol. The summed E-state index contributed by atoms with van der Waals surface area (Å²) in [5.41, 5.74) is 0.739. The first-order valence-electron chi connectivity index (χ1n) is 9.22. The normalized spacial score (nSPS) is 18.0. The maximum absolute atomic E-state index is 13.2. The van der Waals surface area contributed by atoms with Crippen molar-refractivity contribution < 1.29 is 27.0 Å². The van der Waals surface area contributed by atoms with Crippen LogP contribution in [0.5, 0.6) is 11.5 Å². The average molecular weight is 409 g/mol. The van der Waals surface area contributed by atoms with Gasteiger partial charge in [0.15, 0.2) is 11.5 Å². The summed E-state index contributed by atoms with van der Waals surface area (Å²) in [6.07, 6.45) is -0.446. The number of hydrogen-bond acceptors (Lipinski definition) is 5. The molecule has 8 heteroatoms. The fourth-order valence-corrected chi connectivity index (χ4v) is 4.50. The van der Waals surface area contributed by atoms with Crippen molar-refractivity contribution in [3.63, 3.8) is 0 Å². The minimum absolute atomic E-state index is 0.138. The van der Waals surface area contributed by atoms with Gasteiger partial charge in [0, 0.05) is 19.2 Å². The molecule has 0 spiro atoms. The van der Waals surface area contributed by atoms with Crippen molar-refractivity contribution in [3.05, 3.63) is 53.8 Å². The number of morpholine rings is 1. The molecule has 0 N–H and O–H groups in total. The lowest BCUT2D eigenvalue weighted by molar-refractivity contribution is -0.00259. The molecule has 152 valence electrons. The SMILES string of the molecule is CCOc1ccc(S(=O)(=O)N2CCOC(c3ccc(F)cc3)C2)cc1OCC. The Morgan fingerprint density at radius 1 is 1.07 bits per heavy atom. The molecule has 0 aromatic heterocycles. The Labute approximate surface area is 164 Å². The number of ether oxygens (including phenoxy) is 3. The van der Waals surface area contributed by atoms with Gasteiger partial charge in [-0.25, -0.2) is 12.8 Å². The molecule has 1 saturated heterocycles. The van der Waals surface area contributed by atoms with Gasteiger partial charge >= 0.3 is 0 Å². The van der Waals surface area contributed by atoms with E-state index in [0.29, 0.717) is 24.7 Å². The van der Waals surface area contributed by atoms with Crippen LogP contribution in [0.25, 0.3) is 0 Å². The number of benzene rings is 2. The molecule has 28 heavy (non-hydrogen) atoms. The first kappa shape index (κ1) is 20.6. The van der Waals surface area contributed by atoms with Gasteiger partial charge in [-0.15, -0.1) is 0 Å². The molecule has 1 aliphatic heterocycles. The highest BCUT2D eigenvalue weighted by molar-refractivity contribution is 7.89. The molecule has 1 heterocycles. The van der Waals surface area contributed by atoms with Gasteiger partial charge in [0.1, 0.15) is 5.82 Å². The summed E-state index contributed by atoms with van der Waals surface area (Å²) in [5, 5.41) is 0. The number of nitrogens with zero attached hydrogens (tertiary/aromatic N) is 1. The van der Waals surface area contributed by atoms with Gasteiger partial charge in [0.25, 0.3) is 0 Å². The summed E-state index contributed by atoms with van der Waals surface area (Å²) in [5.74, 6) is 0.560. The molecule has 2 aromatic carbocycles. The van der Waals surface area contributed by atoms with Crippen LogP contribution in [0, 0.1) is 5.82 Å². The van der Waals surface area contributed by atoms with Gasteiger partial charge in [-0.2, -0.15) is 4.31 Å². The summed E-state index contributed by atoms with van der Waals surface area (Å²) in [7, 11) is -3.74. The smallest absolute Gasteiger partial charge is 0.243 e. The van der Waals surface area contributed by atoms with Gasteiger partial charge in [-0.3, -0.25) is 0 Å². The number of sulfonamides is 1. The second-order valence-electron chi connectivity index (χ2n) is 6.25. The molecule has 1 aliphatic rings. The fraction of sp³-hybridized carbons (Fsp3) is 0.400. The highest BCUT2D eigenvalue weighted by atomic mass is 32.2. The van der Waals surface area contributed by atoms with Crippen LogP contribution >= 0.6 is 0 Å². The van der Waals surface area contributed by atoms with Crippen LogP contribution in [-0.4, -0.2) is 45.6 Å². The van der Waals surface area contributed by atoms with Crippen LogP contribution in [0.15, 0.2) is 47.4 Å².